The maximum atomic E-state index is 11.6. The van der Waals surface area contributed by atoms with Crippen LogP contribution in [-0.2, 0) is 9.53 Å². The minimum Gasteiger partial charge on any atom is -0.381 e. The van der Waals surface area contributed by atoms with Crippen molar-refractivity contribution in [2.24, 2.45) is 0 Å². The lowest BCUT2D eigenvalue weighted by Gasteiger charge is -2.09. The van der Waals surface area contributed by atoms with E-state index in [2.05, 4.69) is 21.2 Å². The monoisotopic (exact) mass is 299 g/mol. The number of hydrogen-bond donors (Lipinski definition) is 1. The number of halogens is 1. The quantitative estimate of drug-likeness (QED) is 0.816. The van der Waals surface area contributed by atoms with E-state index in [-0.39, 0.29) is 5.91 Å². The van der Waals surface area contributed by atoms with Gasteiger partial charge in [0, 0.05) is 16.8 Å². The number of anilines is 1. The largest absolute Gasteiger partial charge is 0.381 e. The molecule has 0 heterocycles. The first-order valence-electron chi connectivity index (χ1n) is 5.77. The van der Waals surface area contributed by atoms with Gasteiger partial charge in [-0.3, -0.25) is 4.79 Å². The molecule has 0 radical (unpaired) electrons. The molecule has 1 rings (SSSR count). The van der Waals surface area contributed by atoms with Crippen LogP contribution in [0.25, 0.3) is 0 Å². The third-order valence-corrected chi connectivity index (χ3v) is 2.79. The third-order valence-electron chi connectivity index (χ3n) is 2.30. The second kappa shape index (κ2) is 7.45. The van der Waals surface area contributed by atoms with Crippen LogP contribution in [0.3, 0.4) is 0 Å². The Bertz CT molecular complexity index is 380. The number of aryl methyl sites for hydroxylation is 1. The summed E-state index contributed by atoms with van der Waals surface area (Å²) >= 11 is 3.38. The number of hydrogen-bond acceptors (Lipinski definition) is 2. The van der Waals surface area contributed by atoms with Gasteiger partial charge in [-0.2, -0.15) is 0 Å². The topological polar surface area (TPSA) is 38.3 Å². The van der Waals surface area contributed by atoms with Gasteiger partial charge in [0.05, 0.1) is 13.0 Å². The van der Waals surface area contributed by atoms with Crippen molar-refractivity contribution in [3.05, 3.63) is 28.2 Å². The summed E-state index contributed by atoms with van der Waals surface area (Å²) in [6, 6.07) is 5.82. The van der Waals surface area contributed by atoms with Crippen molar-refractivity contribution in [2.75, 3.05) is 18.5 Å². The van der Waals surface area contributed by atoms with Gasteiger partial charge in [-0.15, -0.1) is 0 Å². The van der Waals surface area contributed by atoms with Crippen LogP contribution in [0.1, 0.15) is 25.3 Å². The summed E-state index contributed by atoms with van der Waals surface area (Å²) in [6.07, 6.45) is 1.37. The van der Waals surface area contributed by atoms with Crippen LogP contribution >= 0.6 is 15.9 Å². The summed E-state index contributed by atoms with van der Waals surface area (Å²) < 4.78 is 6.23. The van der Waals surface area contributed by atoms with Crippen molar-refractivity contribution in [2.45, 2.75) is 26.7 Å². The predicted octanol–water partition coefficient (Wildman–Crippen LogP) is 3.51. The van der Waals surface area contributed by atoms with Gasteiger partial charge >= 0.3 is 0 Å². The van der Waals surface area contributed by atoms with Gasteiger partial charge < -0.3 is 10.1 Å². The molecule has 1 N–H and O–H groups in total. The molecule has 1 aromatic carbocycles. The molecule has 0 aliphatic heterocycles. The van der Waals surface area contributed by atoms with E-state index in [1.807, 2.05) is 32.0 Å². The first-order valence-corrected chi connectivity index (χ1v) is 6.56. The summed E-state index contributed by atoms with van der Waals surface area (Å²) in [5, 5.41) is 2.88. The molecule has 0 saturated carbocycles. The van der Waals surface area contributed by atoms with E-state index in [9.17, 15) is 4.79 Å². The highest BCUT2D eigenvalue weighted by Crippen LogP contribution is 2.20. The molecule has 0 aromatic heterocycles. The van der Waals surface area contributed by atoms with Gasteiger partial charge in [0.25, 0.3) is 0 Å². The zero-order valence-corrected chi connectivity index (χ0v) is 11.8. The molecule has 1 aromatic rings. The highest BCUT2D eigenvalue weighted by atomic mass is 79.9. The summed E-state index contributed by atoms with van der Waals surface area (Å²) in [7, 11) is 0. The molecule has 0 aliphatic rings. The van der Waals surface area contributed by atoms with Crippen LogP contribution in [0.15, 0.2) is 22.7 Å². The Morgan fingerprint density at radius 3 is 2.88 bits per heavy atom. The normalized spacial score (nSPS) is 10.3. The average Bonchev–Trinajstić information content (AvgIpc) is 2.29. The highest BCUT2D eigenvalue weighted by Gasteiger charge is 2.05. The van der Waals surface area contributed by atoms with E-state index in [1.54, 1.807) is 0 Å². The zero-order chi connectivity index (χ0) is 12.7. The Balaban J connectivity index is 2.42. The maximum absolute atomic E-state index is 11.6. The van der Waals surface area contributed by atoms with Gasteiger partial charge in [0.1, 0.15) is 0 Å². The van der Waals surface area contributed by atoms with Crippen LogP contribution in [0.5, 0.6) is 0 Å². The number of ether oxygens (including phenoxy) is 1. The minimum atomic E-state index is -0.0118. The van der Waals surface area contributed by atoms with E-state index >= 15 is 0 Å². The fourth-order valence-corrected chi connectivity index (χ4v) is 1.71. The lowest BCUT2D eigenvalue weighted by Crippen LogP contribution is -2.15. The summed E-state index contributed by atoms with van der Waals surface area (Å²) in [4.78, 5) is 11.6. The van der Waals surface area contributed by atoms with E-state index in [0.717, 1.165) is 22.1 Å². The minimum absolute atomic E-state index is 0.0118. The molecule has 1 amide bonds. The lowest BCUT2D eigenvalue weighted by atomic mass is 10.2. The SMILES string of the molecule is CCCOCCC(=O)Nc1cc(Br)ccc1C. The zero-order valence-electron chi connectivity index (χ0n) is 10.3. The second-order valence-electron chi connectivity index (χ2n) is 3.87. The number of benzene rings is 1. The molecule has 4 heteroatoms. The van der Waals surface area contributed by atoms with Gasteiger partial charge in [-0.1, -0.05) is 28.9 Å². The number of carbonyl (C=O) groups excluding carboxylic acids is 1. The molecule has 0 fully saturated rings. The van der Waals surface area contributed by atoms with Gasteiger partial charge in [-0.25, -0.2) is 0 Å². The van der Waals surface area contributed by atoms with Crippen LogP contribution in [0, 0.1) is 6.92 Å². The molecule has 17 heavy (non-hydrogen) atoms. The van der Waals surface area contributed by atoms with Crippen molar-refractivity contribution in [3.8, 4) is 0 Å². The van der Waals surface area contributed by atoms with Crippen LogP contribution in [0.4, 0.5) is 5.69 Å². The van der Waals surface area contributed by atoms with Crippen molar-refractivity contribution in [3.63, 3.8) is 0 Å². The van der Waals surface area contributed by atoms with Crippen molar-refractivity contribution >= 4 is 27.5 Å². The summed E-state index contributed by atoms with van der Waals surface area (Å²) in [5.74, 6) is -0.0118. The van der Waals surface area contributed by atoms with E-state index in [4.69, 9.17) is 4.74 Å². The Kier molecular flexibility index (Phi) is 6.22. The standard InChI is InChI=1S/C13H18BrNO2/c1-3-7-17-8-6-13(16)15-12-9-11(14)5-4-10(12)2/h4-5,9H,3,6-8H2,1-2H3,(H,15,16). The van der Waals surface area contributed by atoms with Crippen molar-refractivity contribution in [1.29, 1.82) is 0 Å². The molecular formula is C13H18BrNO2. The Labute approximate surface area is 111 Å². The molecule has 0 atom stereocenters. The number of carbonyl (C=O) groups is 1. The van der Waals surface area contributed by atoms with Crippen molar-refractivity contribution < 1.29 is 9.53 Å². The molecule has 94 valence electrons. The van der Waals surface area contributed by atoms with Gasteiger partial charge in [0.2, 0.25) is 5.91 Å². The third kappa shape index (κ3) is 5.33. The molecule has 0 bridgehead atoms. The van der Waals surface area contributed by atoms with Crippen LogP contribution in [0.2, 0.25) is 0 Å². The number of nitrogens with one attached hydrogen (secondary N) is 1. The van der Waals surface area contributed by atoms with Gasteiger partial charge in [-0.05, 0) is 31.0 Å². The van der Waals surface area contributed by atoms with E-state index in [0.29, 0.717) is 19.6 Å². The first kappa shape index (κ1) is 14.2. The number of amides is 1. The first-order chi connectivity index (χ1) is 8.13. The Morgan fingerprint density at radius 2 is 2.18 bits per heavy atom. The number of rotatable bonds is 6. The summed E-state index contributed by atoms with van der Waals surface area (Å²) in [5.41, 5.74) is 1.90. The Hall–Kier alpha value is -0.870. The summed E-state index contributed by atoms with van der Waals surface area (Å²) in [6.45, 7) is 5.20. The predicted molar refractivity (Wildman–Crippen MR) is 73.2 cm³/mol. The fraction of sp³-hybridized carbons (Fsp3) is 0.462. The Morgan fingerprint density at radius 1 is 1.41 bits per heavy atom. The highest BCUT2D eigenvalue weighted by molar-refractivity contribution is 9.10. The molecule has 0 saturated heterocycles. The van der Waals surface area contributed by atoms with Gasteiger partial charge in [0.15, 0.2) is 0 Å². The molecule has 0 unspecified atom stereocenters. The van der Waals surface area contributed by atoms with E-state index < -0.39 is 0 Å². The molecular weight excluding hydrogens is 282 g/mol. The average molecular weight is 300 g/mol. The van der Waals surface area contributed by atoms with E-state index in [1.165, 1.54) is 0 Å². The second-order valence-corrected chi connectivity index (χ2v) is 4.79. The smallest absolute Gasteiger partial charge is 0.226 e. The fourth-order valence-electron chi connectivity index (χ4n) is 1.35. The van der Waals surface area contributed by atoms with Crippen LogP contribution < -0.4 is 5.32 Å². The maximum Gasteiger partial charge on any atom is 0.226 e. The lowest BCUT2D eigenvalue weighted by molar-refractivity contribution is -0.117. The molecule has 0 spiro atoms. The molecule has 0 aliphatic carbocycles. The molecule has 3 nitrogen and oxygen atoms in total. The van der Waals surface area contributed by atoms with Crippen LogP contribution in [-0.4, -0.2) is 19.1 Å². The van der Waals surface area contributed by atoms with Crippen molar-refractivity contribution in [1.82, 2.24) is 0 Å².